The van der Waals surface area contributed by atoms with Crippen LogP contribution in [0.15, 0.2) is 23.6 Å². The quantitative estimate of drug-likeness (QED) is 0.885. The molecule has 0 amide bonds. The molecule has 1 N–H and O–H groups in total. The van der Waals surface area contributed by atoms with Gasteiger partial charge in [-0.25, -0.2) is 0 Å². The topological polar surface area (TPSA) is 24.9 Å². The highest BCUT2D eigenvalue weighted by Crippen LogP contribution is 2.30. The van der Waals surface area contributed by atoms with Crippen LogP contribution in [-0.2, 0) is 0 Å². The predicted molar refractivity (Wildman–Crippen MR) is 82.9 cm³/mol. The van der Waals surface area contributed by atoms with Crippen LogP contribution in [0.5, 0.6) is 0 Å². The van der Waals surface area contributed by atoms with E-state index in [9.17, 15) is 0 Å². The van der Waals surface area contributed by atoms with Gasteiger partial charge in [0.05, 0.1) is 6.04 Å². The third-order valence-corrected chi connectivity index (χ3v) is 4.42. The van der Waals surface area contributed by atoms with Gasteiger partial charge in [-0.3, -0.25) is 4.98 Å². The fourth-order valence-electron chi connectivity index (χ4n) is 2.32. The Morgan fingerprint density at radius 1 is 1.21 bits per heavy atom. The van der Waals surface area contributed by atoms with E-state index in [4.69, 9.17) is 0 Å². The van der Waals surface area contributed by atoms with E-state index >= 15 is 0 Å². The monoisotopic (exact) mass is 274 g/mol. The maximum atomic E-state index is 4.61. The maximum absolute atomic E-state index is 4.61. The van der Waals surface area contributed by atoms with Crippen molar-refractivity contribution in [2.45, 2.75) is 40.2 Å². The number of aromatic nitrogens is 1. The lowest BCUT2D eigenvalue weighted by Crippen LogP contribution is -2.24. The number of nitrogens with one attached hydrogen (secondary N) is 1. The zero-order valence-corrected chi connectivity index (χ0v) is 13.0. The predicted octanol–water partition coefficient (Wildman–Crippen LogP) is 4.16. The summed E-state index contributed by atoms with van der Waals surface area (Å²) in [6.07, 6.45) is 1.14. The summed E-state index contributed by atoms with van der Waals surface area (Å²) in [5, 5.41) is 5.83. The van der Waals surface area contributed by atoms with Crippen LogP contribution in [-0.4, -0.2) is 11.5 Å². The summed E-state index contributed by atoms with van der Waals surface area (Å²) in [4.78, 5) is 6.01. The first-order valence-electron chi connectivity index (χ1n) is 6.85. The first-order chi connectivity index (χ1) is 9.13. The number of hydrogen-bond acceptors (Lipinski definition) is 3. The van der Waals surface area contributed by atoms with Crippen molar-refractivity contribution < 1.29 is 0 Å². The van der Waals surface area contributed by atoms with E-state index in [1.54, 1.807) is 0 Å². The average molecular weight is 274 g/mol. The van der Waals surface area contributed by atoms with E-state index in [-0.39, 0.29) is 6.04 Å². The Morgan fingerprint density at radius 2 is 2.00 bits per heavy atom. The fraction of sp³-hybridized carbons (Fsp3) is 0.438. The number of nitrogens with zero attached hydrogens (tertiary/aromatic N) is 1. The van der Waals surface area contributed by atoms with Crippen LogP contribution >= 0.6 is 11.3 Å². The second-order valence-corrected chi connectivity index (χ2v) is 5.93. The highest BCUT2D eigenvalue weighted by molar-refractivity contribution is 7.10. The van der Waals surface area contributed by atoms with E-state index in [2.05, 4.69) is 54.7 Å². The second kappa shape index (κ2) is 6.31. The molecule has 0 fully saturated rings. The third-order valence-electron chi connectivity index (χ3n) is 3.34. The lowest BCUT2D eigenvalue weighted by molar-refractivity contribution is 0.599. The average Bonchev–Trinajstić information content (AvgIpc) is 2.78. The highest BCUT2D eigenvalue weighted by atomic mass is 32.1. The lowest BCUT2D eigenvalue weighted by atomic mass is 10.0. The summed E-state index contributed by atoms with van der Waals surface area (Å²) < 4.78 is 0. The van der Waals surface area contributed by atoms with Crippen molar-refractivity contribution in [1.82, 2.24) is 10.3 Å². The Kier molecular flexibility index (Phi) is 4.72. The molecule has 102 valence electrons. The van der Waals surface area contributed by atoms with Crippen molar-refractivity contribution in [2.24, 2.45) is 0 Å². The number of hydrogen-bond donors (Lipinski definition) is 1. The molecular weight excluding hydrogens is 252 g/mol. The van der Waals surface area contributed by atoms with Crippen molar-refractivity contribution in [3.63, 3.8) is 0 Å². The molecule has 0 aromatic carbocycles. The summed E-state index contributed by atoms with van der Waals surface area (Å²) in [6.45, 7) is 9.55. The summed E-state index contributed by atoms with van der Waals surface area (Å²) in [5.41, 5.74) is 4.86. The molecule has 2 aromatic rings. The zero-order valence-electron chi connectivity index (χ0n) is 12.2. The van der Waals surface area contributed by atoms with Crippen molar-refractivity contribution in [1.29, 1.82) is 0 Å². The van der Waals surface area contributed by atoms with Gasteiger partial charge in [0, 0.05) is 16.3 Å². The number of pyridine rings is 1. The van der Waals surface area contributed by atoms with Crippen molar-refractivity contribution in [3.8, 4) is 0 Å². The SMILES string of the molecule is CCCNC(c1ccc(C)nc1C)c1sccc1C. The van der Waals surface area contributed by atoms with E-state index in [1.807, 2.05) is 18.3 Å². The van der Waals surface area contributed by atoms with Crippen LogP contribution in [0.3, 0.4) is 0 Å². The highest BCUT2D eigenvalue weighted by Gasteiger charge is 2.19. The van der Waals surface area contributed by atoms with Gasteiger partial charge < -0.3 is 5.32 Å². The van der Waals surface area contributed by atoms with Crippen LogP contribution in [0.1, 0.15) is 46.8 Å². The van der Waals surface area contributed by atoms with Crippen LogP contribution in [0, 0.1) is 20.8 Å². The van der Waals surface area contributed by atoms with Crippen molar-refractivity contribution in [3.05, 3.63) is 51.0 Å². The van der Waals surface area contributed by atoms with Gasteiger partial charge in [0.15, 0.2) is 0 Å². The van der Waals surface area contributed by atoms with Gasteiger partial charge in [0.1, 0.15) is 0 Å². The minimum Gasteiger partial charge on any atom is -0.306 e. The molecule has 2 heterocycles. The Bertz CT molecular complexity index is 545. The third kappa shape index (κ3) is 3.23. The second-order valence-electron chi connectivity index (χ2n) is 4.98. The molecular formula is C16H22N2S. The van der Waals surface area contributed by atoms with E-state index in [0.717, 1.165) is 24.4 Å². The summed E-state index contributed by atoms with van der Waals surface area (Å²) in [7, 11) is 0. The van der Waals surface area contributed by atoms with Crippen molar-refractivity contribution >= 4 is 11.3 Å². The molecule has 1 atom stereocenters. The van der Waals surface area contributed by atoms with Crippen LogP contribution in [0.2, 0.25) is 0 Å². The van der Waals surface area contributed by atoms with Crippen LogP contribution in [0.4, 0.5) is 0 Å². The Balaban J connectivity index is 2.40. The molecule has 0 saturated carbocycles. The van der Waals surface area contributed by atoms with Gasteiger partial charge in [0.2, 0.25) is 0 Å². The Morgan fingerprint density at radius 3 is 2.58 bits per heavy atom. The molecule has 2 aromatic heterocycles. The van der Waals surface area contributed by atoms with Crippen molar-refractivity contribution in [2.75, 3.05) is 6.54 Å². The Labute approximate surface area is 119 Å². The van der Waals surface area contributed by atoms with E-state index < -0.39 is 0 Å². The summed E-state index contributed by atoms with van der Waals surface area (Å²) in [6, 6.07) is 6.78. The minimum atomic E-state index is 0.271. The summed E-state index contributed by atoms with van der Waals surface area (Å²) in [5.74, 6) is 0. The first kappa shape index (κ1) is 14.2. The van der Waals surface area contributed by atoms with Gasteiger partial charge >= 0.3 is 0 Å². The van der Waals surface area contributed by atoms with Gasteiger partial charge in [-0.1, -0.05) is 13.0 Å². The molecule has 3 heteroatoms. The number of rotatable bonds is 5. The Hall–Kier alpha value is -1.19. The lowest BCUT2D eigenvalue weighted by Gasteiger charge is -2.20. The molecule has 2 rings (SSSR count). The maximum Gasteiger partial charge on any atom is 0.0691 e. The molecule has 0 aliphatic heterocycles. The van der Waals surface area contributed by atoms with Crippen LogP contribution < -0.4 is 5.32 Å². The molecule has 2 nitrogen and oxygen atoms in total. The smallest absolute Gasteiger partial charge is 0.0691 e. The van der Waals surface area contributed by atoms with Crippen LogP contribution in [0.25, 0.3) is 0 Å². The molecule has 19 heavy (non-hydrogen) atoms. The van der Waals surface area contributed by atoms with E-state index in [0.29, 0.717) is 0 Å². The van der Waals surface area contributed by atoms with E-state index in [1.165, 1.54) is 16.0 Å². The minimum absolute atomic E-state index is 0.271. The molecule has 0 saturated heterocycles. The number of aryl methyl sites for hydroxylation is 3. The number of thiophene rings is 1. The zero-order chi connectivity index (χ0) is 13.8. The molecule has 0 spiro atoms. The molecule has 0 aliphatic carbocycles. The molecule has 0 aliphatic rings. The molecule has 1 unspecified atom stereocenters. The van der Waals surface area contributed by atoms with Gasteiger partial charge in [0.25, 0.3) is 0 Å². The largest absolute Gasteiger partial charge is 0.306 e. The molecule has 0 radical (unpaired) electrons. The molecule has 0 bridgehead atoms. The first-order valence-corrected chi connectivity index (χ1v) is 7.73. The fourth-order valence-corrected chi connectivity index (χ4v) is 3.33. The standard InChI is InChI=1S/C16H22N2S/c1-5-9-17-15(16-11(2)8-10-19-16)14-7-6-12(3)18-13(14)4/h6-8,10,15,17H,5,9H2,1-4H3. The van der Waals surface area contributed by atoms with Gasteiger partial charge in [-0.2, -0.15) is 0 Å². The van der Waals surface area contributed by atoms with Gasteiger partial charge in [-0.05, 0) is 62.4 Å². The summed E-state index contributed by atoms with van der Waals surface area (Å²) >= 11 is 1.83. The normalized spacial score (nSPS) is 12.6. The van der Waals surface area contributed by atoms with Gasteiger partial charge in [-0.15, -0.1) is 11.3 Å².